The Morgan fingerprint density at radius 2 is 2.08 bits per heavy atom. The van der Waals surface area contributed by atoms with Gasteiger partial charge in [-0.1, -0.05) is 26.2 Å². The predicted molar refractivity (Wildman–Crippen MR) is 92.9 cm³/mol. The highest BCUT2D eigenvalue weighted by atomic mass is 16.3. The smallest absolute Gasteiger partial charge is 0.269 e. The molecule has 6 heteroatoms. The van der Waals surface area contributed by atoms with Crippen LogP contribution in [0.1, 0.15) is 68.2 Å². The molecule has 0 spiro atoms. The Labute approximate surface area is 144 Å². The number of hydrogen-bond donors (Lipinski definition) is 3. The van der Waals surface area contributed by atoms with Gasteiger partial charge in [-0.25, -0.2) is 4.98 Å². The van der Waals surface area contributed by atoms with Gasteiger partial charge < -0.3 is 20.3 Å². The second-order valence-electron chi connectivity index (χ2n) is 7.41. The third-order valence-corrected chi connectivity index (χ3v) is 5.43. The molecule has 1 saturated heterocycles. The van der Waals surface area contributed by atoms with Gasteiger partial charge in [0.15, 0.2) is 0 Å². The van der Waals surface area contributed by atoms with E-state index in [2.05, 4.69) is 20.2 Å². The summed E-state index contributed by atoms with van der Waals surface area (Å²) in [5, 5.41) is 13.8. The fourth-order valence-electron chi connectivity index (χ4n) is 3.94. The number of carbonyl (C=O) groups is 1. The molecule has 0 aromatic carbocycles. The molecule has 0 bridgehead atoms. The van der Waals surface area contributed by atoms with Crippen LogP contribution in [0.25, 0.3) is 0 Å². The molecule has 6 nitrogen and oxygen atoms in total. The van der Waals surface area contributed by atoms with Gasteiger partial charge in [-0.2, -0.15) is 0 Å². The average molecular weight is 334 g/mol. The summed E-state index contributed by atoms with van der Waals surface area (Å²) in [6.45, 7) is 4.68. The fraction of sp³-hybridized carbons (Fsp3) is 0.778. The largest absolute Gasteiger partial charge is 0.389 e. The summed E-state index contributed by atoms with van der Waals surface area (Å²) < 4.78 is 0. The Morgan fingerprint density at radius 1 is 1.38 bits per heavy atom. The quantitative estimate of drug-likeness (QED) is 0.768. The van der Waals surface area contributed by atoms with E-state index in [1.54, 1.807) is 6.20 Å². The SMILES string of the molecule is CCc1ncc(C(=O)NC2CCN(CC3(O)CCCCC3)CC2)[nH]1. The number of amides is 1. The maximum atomic E-state index is 12.3. The van der Waals surface area contributed by atoms with Crippen LogP contribution in [0, 0.1) is 0 Å². The van der Waals surface area contributed by atoms with Gasteiger partial charge >= 0.3 is 0 Å². The van der Waals surface area contributed by atoms with Crippen LogP contribution in [-0.2, 0) is 6.42 Å². The summed E-state index contributed by atoms with van der Waals surface area (Å²) in [5.74, 6) is 0.780. The number of imidazole rings is 1. The maximum Gasteiger partial charge on any atom is 0.269 e. The van der Waals surface area contributed by atoms with Crippen LogP contribution >= 0.6 is 0 Å². The van der Waals surface area contributed by atoms with Gasteiger partial charge in [0.05, 0.1) is 11.8 Å². The number of carbonyl (C=O) groups excluding carboxylic acids is 1. The molecule has 134 valence electrons. The first-order chi connectivity index (χ1) is 11.6. The van der Waals surface area contributed by atoms with E-state index >= 15 is 0 Å². The summed E-state index contributed by atoms with van der Waals surface area (Å²) in [6, 6.07) is 0.211. The zero-order valence-corrected chi connectivity index (χ0v) is 14.7. The first-order valence-corrected chi connectivity index (χ1v) is 9.37. The van der Waals surface area contributed by atoms with Crippen molar-refractivity contribution in [2.24, 2.45) is 0 Å². The molecule has 3 rings (SSSR count). The second-order valence-corrected chi connectivity index (χ2v) is 7.41. The number of H-pyrrole nitrogens is 1. The molecule has 1 amide bonds. The predicted octanol–water partition coefficient (Wildman–Crippen LogP) is 1.86. The van der Waals surface area contributed by atoms with Crippen LogP contribution in [0.3, 0.4) is 0 Å². The second kappa shape index (κ2) is 7.66. The zero-order chi connectivity index (χ0) is 17.0. The van der Waals surface area contributed by atoms with Crippen molar-refractivity contribution in [1.29, 1.82) is 0 Å². The number of likely N-dealkylation sites (tertiary alicyclic amines) is 1. The first-order valence-electron chi connectivity index (χ1n) is 9.37. The number of aliphatic hydroxyl groups is 1. The topological polar surface area (TPSA) is 81.2 Å². The van der Waals surface area contributed by atoms with Crippen LogP contribution < -0.4 is 5.32 Å². The standard InChI is InChI=1S/C18H30N4O2/c1-2-16-19-12-15(21-16)17(23)20-14-6-10-22(11-7-14)13-18(24)8-4-3-5-9-18/h12,14,24H,2-11,13H2,1H3,(H,19,21)(H,20,23). The molecule has 3 N–H and O–H groups in total. The molecule has 2 fully saturated rings. The van der Waals surface area contributed by atoms with Gasteiger partial charge in [0, 0.05) is 32.1 Å². The van der Waals surface area contributed by atoms with E-state index in [-0.39, 0.29) is 11.9 Å². The van der Waals surface area contributed by atoms with Gasteiger partial charge in [-0.15, -0.1) is 0 Å². The molecule has 0 unspecified atom stereocenters. The highest BCUT2D eigenvalue weighted by Crippen LogP contribution is 2.29. The lowest BCUT2D eigenvalue weighted by molar-refractivity contribution is -0.0312. The number of hydrogen-bond acceptors (Lipinski definition) is 4. The number of aromatic amines is 1. The van der Waals surface area contributed by atoms with Gasteiger partial charge in [0.25, 0.3) is 5.91 Å². The molecular weight excluding hydrogens is 304 g/mol. The van der Waals surface area contributed by atoms with Gasteiger partial charge in [0.1, 0.15) is 11.5 Å². The Bertz CT molecular complexity index is 543. The molecular formula is C18H30N4O2. The van der Waals surface area contributed by atoms with Crippen LogP contribution in [0.15, 0.2) is 6.20 Å². The van der Waals surface area contributed by atoms with Gasteiger partial charge in [-0.05, 0) is 25.7 Å². The fourth-order valence-corrected chi connectivity index (χ4v) is 3.94. The van der Waals surface area contributed by atoms with Crippen LogP contribution in [0.5, 0.6) is 0 Å². The van der Waals surface area contributed by atoms with Crippen molar-refractivity contribution in [2.75, 3.05) is 19.6 Å². The van der Waals surface area contributed by atoms with E-state index in [0.29, 0.717) is 5.69 Å². The lowest BCUT2D eigenvalue weighted by Gasteiger charge is -2.40. The summed E-state index contributed by atoms with van der Waals surface area (Å²) in [6.07, 6.45) is 9.71. The Kier molecular flexibility index (Phi) is 5.56. The molecule has 2 heterocycles. The van der Waals surface area contributed by atoms with Crippen molar-refractivity contribution in [2.45, 2.75) is 69.9 Å². The van der Waals surface area contributed by atoms with E-state index in [9.17, 15) is 9.90 Å². The summed E-state index contributed by atoms with van der Waals surface area (Å²) >= 11 is 0. The van der Waals surface area contributed by atoms with E-state index in [1.165, 1.54) is 6.42 Å². The Hall–Kier alpha value is -1.40. The maximum absolute atomic E-state index is 12.3. The van der Waals surface area contributed by atoms with Crippen LogP contribution in [0.4, 0.5) is 0 Å². The third kappa shape index (κ3) is 4.36. The molecule has 1 aromatic heterocycles. The number of β-amino-alcohol motifs (C(OH)–C–C–N with tert-alkyl or cyclic N) is 1. The number of rotatable bonds is 5. The normalized spacial score (nSPS) is 22.4. The number of nitrogens with zero attached hydrogens (tertiary/aromatic N) is 2. The molecule has 2 aliphatic rings. The summed E-state index contributed by atoms with van der Waals surface area (Å²) in [5.41, 5.74) is 0.0617. The monoisotopic (exact) mass is 334 g/mol. The third-order valence-electron chi connectivity index (χ3n) is 5.43. The van der Waals surface area contributed by atoms with E-state index < -0.39 is 5.60 Å². The number of nitrogens with one attached hydrogen (secondary N) is 2. The van der Waals surface area contributed by atoms with Gasteiger partial charge in [-0.3, -0.25) is 4.79 Å². The lowest BCUT2D eigenvalue weighted by atomic mass is 9.84. The molecule has 1 aliphatic carbocycles. The molecule has 1 saturated carbocycles. The Morgan fingerprint density at radius 3 is 2.71 bits per heavy atom. The average Bonchev–Trinajstić information content (AvgIpc) is 3.06. The number of aromatic nitrogens is 2. The summed E-state index contributed by atoms with van der Waals surface area (Å²) in [7, 11) is 0. The first kappa shape index (κ1) is 17.4. The highest BCUT2D eigenvalue weighted by Gasteiger charge is 2.32. The molecule has 1 aromatic rings. The van der Waals surface area contributed by atoms with Crippen molar-refractivity contribution in [3.63, 3.8) is 0 Å². The zero-order valence-electron chi connectivity index (χ0n) is 14.7. The molecule has 0 atom stereocenters. The highest BCUT2D eigenvalue weighted by molar-refractivity contribution is 5.92. The molecule has 0 radical (unpaired) electrons. The van der Waals surface area contributed by atoms with Crippen LogP contribution in [0.2, 0.25) is 0 Å². The van der Waals surface area contributed by atoms with Crippen molar-refractivity contribution in [1.82, 2.24) is 20.2 Å². The Balaban J connectivity index is 1.44. The van der Waals surface area contributed by atoms with E-state index in [1.807, 2.05) is 6.92 Å². The van der Waals surface area contributed by atoms with E-state index in [0.717, 1.165) is 70.4 Å². The summed E-state index contributed by atoms with van der Waals surface area (Å²) in [4.78, 5) is 21.9. The van der Waals surface area contributed by atoms with Crippen molar-refractivity contribution >= 4 is 5.91 Å². The minimum Gasteiger partial charge on any atom is -0.389 e. The van der Waals surface area contributed by atoms with Gasteiger partial charge in [0.2, 0.25) is 0 Å². The van der Waals surface area contributed by atoms with Crippen molar-refractivity contribution in [3.05, 3.63) is 17.7 Å². The minimum absolute atomic E-state index is 0.0634. The molecule has 1 aliphatic heterocycles. The molecule has 24 heavy (non-hydrogen) atoms. The van der Waals surface area contributed by atoms with Crippen molar-refractivity contribution in [3.8, 4) is 0 Å². The van der Waals surface area contributed by atoms with E-state index in [4.69, 9.17) is 0 Å². The number of aryl methyl sites for hydroxylation is 1. The lowest BCUT2D eigenvalue weighted by Crippen LogP contribution is -2.50. The van der Waals surface area contributed by atoms with Crippen molar-refractivity contribution < 1.29 is 9.90 Å². The van der Waals surface area contributed by atoms with Crippen LogP contribution in [-0.4, -0.2) is 57.2 Å². The number of piperidine rings is 1. The minimum atomic E-state index is -0.485.